The fourth-order valence-electron chi connectivity index (χ4n) is 2.19. The number of carbonyl (C=O) groups is 2. The van der Waals surface area contributed by atoms with Crippen LogP contribution in [0.2, 0.25) is 0 Å². The SMILES string of the molecule is C/C=C/[C@H]1[C@@H](C)C1(C(=O)OC)C(=O)OC. The monoisotopic (exact) mass is 212 g/mol. The van der Waals surface area contributed by atoms with Gasteiger partial charge >= 0.3 is 11.9 Å². The van der Waals surface area contributed by atoms with Crippen LogP contribution in [0.1, 0.15) is 13.8 Å². The first-order valence-corrected chi connectivity index (χ1v) is 4.87. The zero-order valence-corrected chi connectivity index (χ0v) is 9.44. The van der Waals surface area contributed by atoms with E-state index >= 15 is 0 Å². The standard InChI is InChI=1S/C11H16O4/c1-5-6-8-7(2)11(8,9(12)14-3)10(13)15-4/h5-8H,1-4H3/b6-5+/t7-,8+/m1/s1. The van der Waals surface area contributed by atoms with Gasteiger partial charge in [0.05, 0.1) is 14.2 Å². The van der Waals surface area contributed by atoms with E-state index in [0.717, 1.165) is 0 Å². The molecular weight excluding hydrogens is 196 g/mol. The van der Waals surface area contributed by atoms with Crippen LogP contribution < -0.4 is 0 Å². The summed E-state index contributed by atoms with van der Waals surface area (Å²) in [6.07, 6.45) is 3.67. The number of hydrogen-bond acceptors (Lipinski definition) is 4. The van der Waals surface area contributed by atoms with Crippen LogP contribution in [0.25, 0.3) is 0 Å². The van der Waals surface area contributed by atoms with Gasteiger partial charge in [0.25, 0.3) is 0 Å². The minimum absolute atomic E-state index is 0.0615. The zero-order chi connectivity index (χ0) is 11.6. The van der Waals surface area contributed by atoms with Gasteiger partial charge in [-0.2, -0.15) is 0 Å². The average molecular weight is 212 g/mol. The predicted molar refractivity (Wildman–Crippen MR) is 53.9 cm³/mol. The Kier molecular flexibility index (Phi) is 3.17. The summed E-state index contributed by atoms with van der Waals surface area (Å²) in [5.74, 6) is -1.19. The van der Waals surface area contributed by atoms with Crippen LogP contribution >= 0.6 is 0 Å². The van der Waals surface area contributed by atoms with Crippen LogP contribution in [-0.2, 0) is 19.1 Å². The Morgan fingerprint density at radius 1 is 1.20 bits per heavy atom. The van der Waals surface area contributed by atoms with Crippen LogP contribution in [0.3, 0.4) is 0 Å². The van der Waals surface area contributed by atoms with Crippen molar-refractivity contribution in [3.63, 3.8) is 0 Å². The Bertz CT molecular complexity index is 290. The second-order valence-corrected chi connectivity index (χ2v) is 3.69. The maximum absolute atomic E-state index is 11.6. The van der Waals surface area contributed by atoms with Crippen molar-refractivity contribution in [1.82, 2.24) is 0 Å². The van der Waals surface area contributed by atoms with Crippen LogP contribution in [0.15, 0.2) is 12.2 Å². The zero-order valence-electron chi connectivity index (χ0n) is 9.44. The lowest BCUT2D eigenvalue weighted by molar-refractivity contribution is -0.162. The molecule has 0 N–H and O–H groups in total. The molecule has 15 heavy (non-hydrogen) atoms. The van der Waals surface area contributed by atoms with Gasteiger partial charge in [-0.3, -0.25) is 9.59 Å². The van der Waals surface area contributed by atoms with Crippen molar-refractivity contribution in [2.45, 2.75) is 13.8 Å². The van der Waals surface area contributed by atoms with Crippen LogP contribution in [0, 0.1) is 17.3 Å². The lowest BCUT2D eigenvalue weighted by Gasteiger charge is -2.11. The lowest BCUT2D eigenvalue weighted by atomic mass is 10.0. The molecule has 0 aromatic rings. The lowest BCUT2D eigenvalue weighted by Crippen LogP contribution is -2.31. The van der Waals surface area contributed by atoms with Crippen molar-refractivity contribution >= 4 is 11.9 Å². The van der Waals surface area contributed by atoms with Gasteiger partial charge < -0.3 is 9.47 Å². The molecule has 0 radical (unpaired) electrons. The van der Waals surface area contributed by atoms with E-state index in [1.165, 1.54) is 14.2 Å². The number of allylic oxidation sites excluding steroid dienone is 2. The molecule has 0 aliphatic heterocycles. The molecule has 0 aromatic carbocycles. The minimum atomic E-state index is -1.12. The minimum Gasteiger partial charge on any atom is -0.468 e. The van der Waals surface area contributed by atoms with Gasteiger partial charge in [-0.1, -0.05) is 19.1 Å². The van der Waals surface area contributed by atoms with E-state index in [4.69, 9.17) is 0 Å². The number of esters is 2. The molecule has 0 bridgehead atoms. The maximum atomic E-state index is 11.6. The largest absolute Gasteiger partial charge is 0.468 e. The highest BCUT2D eigenvalue weighted by molar-refractivity contribution is 6.04. The van der Waals surface area contributed by atoms with E-state index in [1.54, 1.807) is 0 Å². The first-order valence-electron chi connectivity index (χ1n) is 4.87. The van der Waals surface area contributed by atoms with Crippen molar-refractivity contribution in [3.8, 4) is 0 Å². The third-order valence-corrected chi connectivity index (χ3v) is 3.12. The Balaban J connectivity index is 3.02. The highest BCUT2D eigenvalue weighted by Gasteiger charge is 2.73. The quantitative estimate of drug-likeness (QED) is 0.400. The van der Waals surface area contributed by atoms with Crippen molar-refractivity contribution in [2.75, 3.05) is 14.2 Å². The fraction of sp³-hybridized carbons (Fsp3) is 0.636. The highest BCUT2D eigenvalue weighted by atomic mass is 16.5. The number of rotatable bonds is 3. The highest BCUT2D eigenvalue weighted by Crippen LogP contribution is 2.60. The smallest absolute Gasteiger partial charge is 0.324 e. The molecule has 4 heteroatoms. The molecule has 84 valence electrons. The van der Waals surface area contributed by atoms with Crippen molar-refractivity contribution in [2.24, 2.45) is 17.3 Å². The first kappa shape index (κ1) is 11.8. The Morgan fingerprint density at radius 3 is 2.00 bits per heavy atom. The summed E-state index contributed by atoms with van der Waals surface area (Å²) in [5, 5.41) is 0. The molecule has 0 unspecified atom stereocenters. The summed E-state index contributed by atoms with van der Waals surface area (Å²) in [6.45, 7) is 3.70. The van der Waals surface area contributed by atoms with E-state index in [1.807, 2.05) is 26.0 Å². The first-order chi connectivity index (χ1) is 7.07. The molecule has 0 saturated heterocycles. The van der Waals surface area contributed by atoms with Gasteiger partial charge in [-0.05, 0) is 12.8 Å². The predicted octanol–water partition coefficient (Wildman–Crippen LogP) is 1.16. The summed E-state index contributed by atoms with van der Waals surface area (Å²) in [6, 6.07) is 0. The third kappa shape index (κ3) is 1.44. The molecule has 1 saturated carbocycles. The van der Waals surface area contributed by atoms with E-state index in [0.29, 0.717) is 0 Å². The number of ether oxygens (including phenoxy) is 2. The van der Waals surface area contributed by atoms with Gasteiger partial charge in [0.2, 0.25) is 0 Å². The van der Waals surface area contributed by atoms with Crippen LogP contribution in [-0.4, -0.2) is 26.2 Å². The van der Waals surface area contributed by atoms with Crippen molar-refractivity contribution in [3.05, 3.63) is 12.2 Å². The van der Waals surface area contributed by atoms with Gasteiger partial charge in [0.15, 0.2) is 5.41 Å². The molecule has 1 fully saturated rings. The summed E-state index contributed by atoms with van der Waals surface area (Å²) < 4.78 is 9.35. The van der Waals surface area contributed by atoms with E-state index in [-0.39, 0.29) is 11.8 Å². The van der Waals surface area contributed by atoms with E-state index in [2.05, 4.69) is 9.47 Å². The fourth-order valence-corrected chi connectivity index (χ4v) is 2.19. The Hall–Kier alpha value is -1.32. The summed E-state index contributed by atoms with van der Waals surface area (Å²) in [4.78, 5) is 23.3. The molecular formula is C11H16O4. The summed E-state index contributed by atoms with van der Waals surface area (Å²) in [7, 11) is 2.57. The molecule has 1 aliphatic rings. The van der Waals surface area contributed by atoms with Crippen LogP contribution in [0.5, 0.6) is 0 Å². The van der Waals surface area contributed by atoms with Gasteiger partial charge in [-0.15, -0.1) is 0 Å². The molecule has 0 spiro atoms. The van der Waals surface area contributed by atoms with Crippen molar-refractivity contribution in [1.29, 1.82) is 0 Å². The third-order valence-electron chi connectivity index (χ3n) is 3.12. The van der Waals surface area contributed by atoms with Gasteiger partial charge in [0.1, 0.15) is 0 Å². The second-order valence-electron chi connectivity index (χ2n) is 3.69. The normalized spacial score (nSPS) is 27.5. The maximum Gasteiger partial charge on any atom is 0.324 e. The number of carbonyl (C=O) groups excluding carboxylic acids is 2. The average Bonchev–Trinajstić information content (AvgIpc) is 2.83. The summed E-state index contributed by atoms with van der Waals surface area (Å²) in [5.41, 5.74) is -1.12. The molecule has 1 aliphatic carbocycles. The second kappa shape index (κ2) is 4.04. The molecule has 4 nitrogen and oxygen atoms in total. The van der Waals surface area contributed by atoms with Gasteiger partial charge in [0, 0.05) is 5.92 Å². The molecule has 0 aromatic heterocycles. The molecule has 0 amide bonds. The Morgan fingerprint density at radius 2 is 1.67 bits per heavy atom. The van der Waals surface area contributed by atoms with E-state index < -0.39 is 17.4 Å². The Labute approximate surface area is 89.2 Å². The molecule has 1 rings (SSSR count). The van der Waals surface area contributed by atoms with Gasteiger partial charge in [-0.25, -0.2) is 0 Å². The summed E-state index contributed by atoms with van der Waals surface area (Å²) >= 11 is 0. The molecule has 2 atom stereocenters. The number of hydrogen-bond donors (Lipinski definition) is 0. The van der Waals surface area contributed by atoms with Crippen molar-refractivity contribution < 1.29 is 19.1 Å². The van der Waals surface area contributed by atoms with E-state index in [9.17, 15) is 9.59 Å². The van der Waals surface area contributed by atoms with Crippen LogP contribution in [0.4, 0.5) is 0 Å². The molecule has 0 heterocycles. The topological polar surface area (TPSA) is 52.6 Å². The number of methoxy groups -OCH3 is 2.